The highest BCUT2D eigenvalue weighted by Gasteiger charge is 2.23. The smallest absolute Gasteiger partial charge is 0.254 e. The zero-order valence-corrected chi connectivity index (χ0v) is 16.6. The summed E-state index contributed by atoms with van der Waals surface area (Å²) in [6.45, 7) is 5.88. The van der Waals surface area contributed by atoms with Gasteiger partial charge in [-0.05, 0) is 51.6 Å². The van der Waals surface area contributed by atoms with Crippen LogP contribution in [-0.2, 0) is 11.3 Å². The molecule has 1 aromatic heterocycles. The van der Waals surface area contributed by atoms with E-state index in [2.05, 4.69) is 16.9 Å². The molecule has 3 rings (SSSR count). The number of likely N-dealkylation sites (N-methyl/N-ethyl adjacent to an activating group) is 1. The number of hydrogen-bond acceptors (Lipinski definition) is 4. The van der Waals surface area contributed by atoms with Crippen LogP contribution in [0.25, 0.3) is 11.1 Å². The topological polar surface area (TPSA) is 50.6 Å². The normalized spacial score (nSPS) is 16.8. The lowest BCUT2D eigenvalue weighted by molar-refractivity contribution is 0.0512. The van der Waals surface area contributed by atoms with E-state index in [0.717, 1.165) is 43.7 Å². The lowest BCUT2D eigenvalue weighted by Crippen LogP contribution is -2.41. The third-order valence-corrected chi connectivity index (χ3v) is 4.95. The van der Waals surface area contributed by atoms with Crippen LogP contribution in [0.15, 0.2) is 36.7 Å². The molecule has 1 aliphatic heterocycles. The average molecular weight is 370 g/mol. The molecular weight excluding hydrogens is 340 g/mol. The number of carbonyl (C=O) groups excluding carboxylic acids is 1. The zero-order chi connectivity index (χ0) is 19.2. The van der Waals surface area contributed by atoms with Gasteiger partial charge < -0.3 is 14.5 Å². The molecule has 2 heterocycles. The van der Waals surface area contributed by atoms with Crippen molar-refractivity contribution in [1.29, 1.82) is 0 Å². The van der Waals surface area contributed by atoms with Gasteiger partial charge in [0.1, 0.15) is 0 Å². The van der Waals surface area contributed by atoms with Gasteiger partial charge in [0.05, 0.1) is 12.3 Å². The fourth-order valence-electron chi connectivity index (χ4n) is 3.33. The van der Waals surface area contributed by atoms with E-state index in [9.17, 15) is 4.79 Å². The van der Waals surface area contributed by atoms with Crippen LogP contribution < -0.4 is 0 Å². The molecule has 1 amide bonds. The molecule has 0 N–H and O–H groups in total. The molecule has 2 aromatic rings. The number of benzene rings is 1. The maximum absolute atomic E-state index is 13.2. The van der Waals surface area contributed by atoms with Gasteiger partial charge in [-0.3, -0.25) is 9.48 Å². The van der Waals surface area contributed by atoms with E-state index in [1.165, 1.54) is 0 Å². The van der Waals surface area contributed by atoms with Gasteiger partial charge in [0.2, 0.25) is 0 Å². The zero-order valence-electron chi connectivity index (χ0n) is 16.6. The van der Waals surface area contributed by atoms with Crippen molar-refractivity contribution >= 4 is 5.91 Å². The molecule has 6 nitrogen and oxygen atoms in total. The molecule has 27 heavy (non-hydrogen) atoms. The van der Waals surface area contributed by atoms with Crippen LogP contribution in [0.5, 0.6) is 0 Å². The van der Waals surface area contributed by atoms with Crippen molar-refractivity contribution in [1.82, 2.24) is 19.6 Å². The number of aryl methyl sites for hydroxylation is 1. The molecule has 0 radical (unpaired) electrons. The second kappa shape index (κ2) is 9.15. The molecule has 0 aliphatic carbocycles. The Hall–Kier alpha value is -2.18. The molecule has 1 fully saturated rings. The quantitative estimate of drug-likeness (QED) is 0.717. The molecule has 6 heteroatoms. The Labute approximate surface area is 161 Å². The van der Waals surface area contributed by atoms with Crippen molar-refractivity contribution in [2.24, 2.45) is 0 Å². The molecule has 1 aliphatic rings. The molecule has 1 saturated heterocycles. The van der Waals surface area contributed by atoms with Crippen molar-refractivity contribution in [3.63, 3.8) is 0 Å². The number of amides is 1. The molecular formula is C21H30N4O2. The number of hydrogen-bond donors (Lipinski definition) is 0. The summed E-state index contributed by atoms with van der Waals surface area (Å²) in [6.07, 6.45) is 6.13. The van der Waals surface area contributed by atoms with E-state index >= 15 is 0 Å². The predicted molar refractivity (Wildman–Crippen MR) is 107 cm³/mol. The lowest BCUT2D eigenvalue weighted by atomic mass is 10.1. The number of nitrogens with zero attached hydrogens (tertiary/aromatic N) is 4. The first-order chi connectivity index (χ1) is 13.1. The first kappa shape index (κ1) is 19.6. The van der Waals surface area contributed by atoms with E-state index in [-0.39, 0.29) is 12.0 Å². The molecule has 146 valence electrons. The second-order valence-corrected chi connectivity index (χ2v) is 7.35. The van der Waals surface area contributed by atoms with Gasteiger partial charge in [0, 0.05) is 50.1 Å². The monoisotopic (exact) mass is 370 g/mol. The third-order valence-electron chi connectivity index (χ3n) is 4.95. The largest absolute Gasteiger partial charge is 0.376 e. The molecule has 0 bridgehead atoms. The van der Waals surface area contributed by atoms with Crippen molar-refractivity contribution < 1.29 is 9.53 Å². The summed E-state index contributed by atoms with van der Waals surface area (Å²) in [4.78, 5) is 17.3. The number of ether oxygens (including phenoxy) is 1. The minimum Gasteiger partial charge on any atom is -0.376 e. The summed E-state index contributed by atoms with van der Waals surface area (Å²) in [6, 6.07) is 7.84. The van der Waals surface area contributed by atoms with Crippen LogP contribution in [0.3, 0.4) is 0 Å². The van der Waals surface area contributed by atoms with E-state index in [1.54, 1.807) is 0 Å². The highest BCUT2D eigenvalue weighted by Crippen LogP contribution is 2.21. The predicted octanol–water partition coefficient (Wildman–Crippen LogP) is 2.75. The fraction of sp³-hybridized carbons (Fsp3) is 0.524. The number of carbonyl (C=O) groups is 1. The van der Waals surface area contributed by atoms with Gasteiger partial charge in [-0.2, -0.15) is 5.10 Å². The maximum Gasteiger partial charge on any atom is 0.254 e. The molecule has 0 saturated carbocycles. The first-order valence-corrected chi connectivity index (χ1v) is 9.75. The van der Waals surface area contributed by atoms with Crippen LogP contribution in [-0.4, -0.2) is 71.9 Å². The summed E-state index contributed by atoms with van der Waals surface area (Å²) in [7, 11) is 4.06. The van der Waals surface area contributed by atoms with Crippen molar-refractivity contribution in [3.8, 4) is 11.1 Å². The SMILES string of the molecule is CCn1cc(-c2cccc(C(=O)N(CCN(C)C)C[C@H]3CCCO3)c2)cn1. The Morgan fingerprint density at radius 2 is 2.15 bits per heavy atom. The molecule has 0 spiro atoms. The van der Waals surface area contributed by atoms with Gasteiger partial charge in [-0.25, -0.2) is 0 Å². The summed E-state index contributed by atoms with van der Waals surface area (Å²) >= 11 is 0. The Bertz CT molecular complexity index is 750. The van der Waals surface area contributed by atoms with E-state index in [0.29, 0.717) is 18.7 Å². The molecule has 0 unspecified atom stereocenters. The Kier molecular flexibility index (Phi) is 6.63. The van der Waals surface area contributed by atoms with Gasteiger partial charge >= 0.3 is 0 Å². The second-order valence-electron chi connectivity index (χ2n) is 7.35. The van der Waals surface area contributed by atoms with E-state index in [4.69, 9.17) is 4.74 Å². The first-order valence-electron chi connectivity index (χ1n) is 9.75. The summed E-state index contributed by atoms with van der Waals surface area (Å²) in [5, 5.41) is 4.34. The van der Waals surface area contributed by atoms with Crippen LogP contribution in [0, 0.1) is 0 Å². The minimum atomic E-state index is 0.0667. The van der Waals surface area contributed by atoms with Crippen molar-refractivity contribution in [3.05, 3.63) is 42.2 Å². The van der Waals surface area contributed by atoms with Crippen molar-refractivity contribution in [2.75, 3.05) is 40.3 Å². The average Bonchev–Trinajstić information content (AvgIpc) is 3.36. The van der Waals surface area contributed by atoms with Gasteiger partial charge in [-0.1, -0.05) is 12.1 Å². The van der Waals surface area contributed by atoms with E-state index < -0.39 is 0 Å². The maximum atomic E-state index is 13.2. The summed E-state index contributed by atoms with van der Waals surface area (Å²) < 4.78 is 7.66. The Morgan fingerprint density at radius 3 is 2.81 bits per heavy atom. The highest BCUT2D eigenvalue weighted by atomic mass is 16.5. The van der Waals surface area contributed by atoms with Gasteiger partial charge in [0.15, 0.2) is 0 Å². The molecule has 1 aromatic carbocycles. The Balaban J connectivity index is 1.78. The standard InChI is InChI=1S/C21H30N4O2/c1-4-25-15-19(14-22-25)17-7-5-8-18(13-17)21(26)24(11-10-23(2)3)16-20-9-6-12-27-20/h5,7-8,13-15,20H,4,6,9-12,16H2,1-3H3/t20-/m1/s1. The highest BCUT2D eigenvalue weighted by molar-refractivity contribution is 5.95. The van der Waals surface area contributed by atoms with E-state index in [1.807, 2.05) is 60.3 Å². The third kappa shape index (κ3) is 5.17. The van der Waals surface area contributed by atoms with Crippen LogP contribution >= 0.6 is 0 Å². The van der Waals surface area contributed by atoms with Crippen LogP contribution in [0.1, 0.15) is 30.1 Å². The van der Waals surface area contributed by atoms with Gasteiger partial charge in [0.25, 0.3) is 5.91 Å². The lowest BCUT2D eigenvalue weighted by Gasteiger charge is -2.27. The van der Waals surface area contributed by atoms with Crippen LogP contribution in [0.4, 0.5) is 0 Å². The van der Waals surface area contributed by atoms with Crippen molar-refractivity contribution in [2.45, 2.75) is 32.4 Å². The summed E-state index contributed by atoms with van der Waals surface area (Å²) in [5.74, 6) is 0.0667. The van der Waals surface area contributed by atoms with Gasteiger partial charge in [-0.15, -0.1) is 0 Å². The summed E-state index contributed by atoms with van der Waals surface area (Å²) in [5.41, 5.74) is 2.77. The number of rotatable bonds is 8. The Morgan fingerprint density at radius 1 is 1.30 bits per heavy atom. The molecule has 1 atom stereocenters. The number of aromatic nitrogens is 2. The van der Waals surface area contributed by atoms with Crippen LogP contribution in [0.2, 0.25) is 0 Å². The minimum absolute atomic E-state index is 0.0667. The fourth-order valence-corrected chi connectivity index (χ4v) is 3.33.